The molecule has 1 fully saturated rings. The summed E-state index contributed by atoms with van der Waals surface area (Å²) in [5, 5.41) is 4.20. The van der Waals surface area contributed by atoms with Gasteiger partial charge in [-0.05, 0) is 30.4 Å². The Hall–Kier alpha value is -2.42. The van der Waals surface area contributed by atoms with E-state index in [2.05, 4.69) is 22.7 Å². The molecule has 0 radical (unpaired) electrons. The normalized spacial score (nSPS) is 20.9. The van der Waals surface area contributed by atoms with E-state index in [4.69, 9.17) is 0 Å². The van der Waals surface area contributed by atoms with Gasteiger partial charge in [-0.1, -0.05) is 60.7 Å². The van der Waals surface area contributed by atoms with E-state index in [1.165, 1.54) is 5.56 Å². The van der Waals surface area contributed by atoms with E-state index in [0.29, 0.717) is 5.92 Å². The Morgan fingerprint density at radius 3 is 2.33 bits per heavy atom. The van der Waals surface area contributed by atoms with E-state index in [9.17, 15) is 4.79 Å². The molecule has 0 bridgehead atoms. The average Bonchev–Trinajstić information content (AvgIpc) is 3.35. The van der Waals surface area contributed by atoms with Crippen LogP contribution < -0.4 is 5.43 Å². The molecule has 0 unspecified atom stereocenters. The van der Waals surface area contributed by atoms with Crippen molar-refractivity contribution in [3.63, 3.8) is 0 Å². The number of nitrogens with zero attached hydrogens (tertiary/aromatic N) is 1. The minimum atomic E-state index is 0.0131. The summed E-state index contributed by atoms with van der Waals surface area (Å²) in [4.78, 5) is 12.1. The number of nitrogens with one attached hydrogen (secondary N) is 1. The van der Waals surface area contributed by atoms with Gasteiger partial charge in [0, 0.05) is 5.92 Å². The second-order valence-corrected chi connectivity index (χ2v) is 5.40. The van der Waals surface area contributed by atoms with Crippen LogP contribution in [0.15, 0.2) is 65.8 Å². The van der Waals surface area contributed by atoms with Crippen LogP contribution in [-0.2, 0) is 4.79 Å². The van der Waals surface area contributed by atoms with E-state index >= 15 is 0 Å². The van der Waals surface area contributed by atoms with Gasteiger partial charge in [-0.15, -0.1) is 0 Å². The molecule has 1 aliphatic carbocycles. The van der Waals surface area contributed by atoms with E-state index in [0.717, 1.165) is 17.7 Å². The molecule has 3 heteroatoms. The number of carbonyl (C=O) groups excluding carboxylic acids is 1. The molecule has 0 aliphatic heterocycles. The lowest BCUT2D eigenvalue weighted by Crippen LogP contribution is -2.21. The molecule has 3 rings (SSSR count). The van der Waals surface area contributed by atoms with Gasteiger partial charge in [0.1, 0.15) is 0 Å². The first-order valence-electron chi connectivity index (χ1n) is 7.20. The Kier molecular flexibility index (Phi) is 3.82. The van der Waals surface area contributed by atoms with Crippen LogP contribution in [0.1, 0.15) is 30.4 Å². The van der Waals surface area contributed by atoms with Crippen LogP contribution in [-0.4, -0.2) is 11.6 Å². The van der Waals surface area contributed by atoms with Gasteiger partial charge < -0.3 is 0 Å². The molecule has 2 aromatic carbocycles. The smallest absolute Gasteiger partial charge is 0.243 e. The fraction of sp³-hybridized carbons (Fsp3) is 0.222. The van der Waals surface area contributed by atoms with Crippen LogP contribution in [0.25, 0.3) is 0 Å². The van der Waals surface area contributed by atoms with Crippen molar-refractivity contribution in [1.82, 2.24) is 5.43 Å². The molecule has 0 saturated heterocycles. The quantitative estimate of drug-likeness (QED) is 0.676. The SMILES string of the molecule is CC(=NNC(=O)[C@H]1C[C@H]1c1ccccc1)c1ccccc1. The Balaban J connectivity index is 1.59. The number of hydrogen-bond donors (Lipinski definition) is 1. The van der Waals surface area contributed by atoms with Gasteiger partial charge in [0.2, 0.25) is 5.91 Å². The van der Waals surface area contributed by atoms with Crippen LogP contribution in [0.4, 0.5) is 0 Å². The van der Waals surface area contributed by atoms with Gasteiger partial charge >= 0.3 is 0 Å². The summed E-state index contributed by atoms with van der Waals surface area (Å²) < 4.78 is 0. The molecule has 2 atom stereocenters. The molecular weight excluding hydrogens is 260 g/mol. The molecule has 2 aromatic rings. The van der Waals surface area contributed by atoms with Crippen molar-refractivity contribution in [1.29, 1.82) is 0 Å². The summed E-state index contributed by atoms with van der Waals surface area (Å²) >= 11 is 0. The lowest BCUT2D eigenvalue weighted by molar-refractivity contribution is -0.122. The Morgan fingerprint density at radius 2 is 1.67 bits per heavy atom. The molecule has 3 nitrogen and oxygen atoms in total. The van der Waals surface area contributed by atoms with Crippen LogP contribution in [0, 0.1) is 5.92 Å². The predicted octanol–water partition coefficient (Wildman–Crippen LogP) is 3.33. The third-order valence-corrected chi connectivity index (χ3v) is 3.88. The highest BCUT2D eigenvalue weighted by Crippen LogP contribution is 2.47. The van der Waals surface area contributed by atoms with Crippen molar-refractivity contribution < 1.29 is 4.79 Å². The van der Waals surface area contributed by atoms with Gasteiger partial charge in [-0.2, -0.15) is 5.10 Å². The molecule has 1 amide bonds. The van der Waals surface area contributed by atoms with E-state index in [1.54, 1.807) is 0 Å². The van der Waals surface area contributed by atoms with Crippen molar-refractivity contribution >= 4 is 11.6 Å². The summed E-state index contributed by atoms with van der Waals surface area (Å²) in [5.41, 5.74) is 5.77. The van der Waals surface area contributed by atoms with Gasteiger partial charge in [-0.25, -0.2) is 5.43 Å². The third kappa shape index (κ3) is 3.19. The summed E-state index contributed by atoms with van der Waals surface area (Å²) in [7, 11) is 0. The summed E-state index contributed by atoms with van der Waals surface area (Å²) in [5.74, 6) is 0.414. The first kappa shape index (κ1) is 13.6. The topological polar surface area (TPSA) is 41.5 Å². The minimum absolute atomic E-state index is 0.0131. The number of rotatable bonds is 4. The zero-order valence-corrected chi connectivity index (χ0v) is 12.0. The van der Waals surface area contributed by atoms with E-state index in [1.807, 2.05) is 55.5 Å². The molecule has 106 valence electrons. The Labute approximate surface area is 124 Å². The van der Waals surface area contributed by atoms with Crippen molar-refractivity contribution in [3.8, 4) is 0 Å². The van der Waals surface area contributed by atoms with Crippen LogP contribution in [0.3, 0.4) is 0 Å². The zero-order valence-electron chi connectivity index (χ0n) is 12.0. The molecule has 0 heterocycles. The fourth-order valence-corrected chi connectivity index (χ4v) is 2.52. The molecule has 1 aliphatic rings. The summed E-state index contributed by atoms with van der Waals surface area (Å²) in [6.07, 6.45) is 0.912. The fourth-order valence-electron chi connectivity index (χ4n) is 2.52. The minimum Gasteiger partial charge on any atom is -0.273 e. The van der Waals surface area contributed by atoms with Crippen molar-refractivity contribution in [2.24, 2.45) is 11.0 Å². The second kappa shape index (κ2) is 5.92. The molecule has 0 aromatic heterocycles. The molecular formula is C18H18N2O. The summed E-state index contributed by atoms with van der Waals surface area (Å²) in [6, 6.07) is 20.0. The van der Waals surface area contributed by atoms with Crippen molar-refractivity contribution in [3.05, 3.63) is 71.8 Å². The molecule has 1 saturated carbocycles. The Morgan fingerprint density at radius 1 is 1.05 bits per heavy atom. The van der Waals surface area contributed by atoms with Crippen LogP contribution in [0.5, 0.6) is 0 Å². The van der Waals surface area contributed by atoms with Crippen LogP contribution >= 0.6 is 0 Å². The molecule has 0 spiro atoms. The Bertz CT molecular complexity index is 649. The van der Waals surface area contributed by atoms with Gasteiger partial charge in [-0.3, -0.25) is 4.79 Å². The summed E-state index contributed by atoms with van der Waals surface area (Å²) in [6.45, 7) is 1.90. The number of amides is 1. The molecule has 1 N–H and O–H groups in total. The monoisotopic (exact) mass is 278 g/mol. The first-order chi connectivity index (χ1) is 10.3. The van der Waals surface area contributed by atoms with Gasteiger partial charge in [0.05, 0.1) is 5.71 Å². The largest absolute Gasteiger partial charge is 0.273 e. The highest BCUT2D eigenvalue weighted by Gasteiger charge is 2.43. The van der Waals surface area contributed by atoms with E-state index < -0.39 is 0 Å². The second-order valence-electron chi connectivity index (χ2n) is 5.40. The maximum absolute atomic E-state index is 12.1. The first-order valence-corrected chi connectivity index (χ1v) is 7.20. The average molecular weight is 278 g/mol. The number of carbonyl (C=O) groups is 1. The van der Waals surface area contributed by atoms with Crippen molar-refractivity contribution in [2.75, 3.05) is 0 Å². The standard InChI is InChI=1S/C18H18N2O/c1-13(14-8-4-2-5-9-14)19-20-18(21)17-12-16(17)15-10-6-3-7-11-15/h2-11,16-17H,12H2,1H3,(H,20,21)/t16-,17-/m0/s1. The third-order valence-electron chi connectivity index (χ3n) is 3.88. The highest BCUT2D eigenvalue weighted by molar-refractivity contribution is 5.99. The lowest BCUT2D eigenvalue weighted by Gasteiger charge is -2.03. The van der Waals surface area contributed by atoms with E-state index in [-0.39, 0.29) is 11.8 Å². The number of hydrazone groups is 1. The maximum atomic E-state index is 12.1. The molecule has 21 heavy (non-hydrogen) atoms. The zero-order chi connectivity index (χ0) is 14.7. The van der Waals surface area contributed by atoms with Crippen LogP contribution in [0.2, 0.25) is 0 Å². The predicted molar refractivity (Wildman–Crippen MR) is 84.1 cm³/mol. The highest BCUT2D eigenvalue weighted by atomic mass is 16.2. The lowest BCUT2D eigenvalue weighted by atomic mass is 10.1. The number of benzene rings is 2. The van der Waals surface area contributed by atoms with Crippen molar-refractivity contribution in [2.45, 2.75) is 19.3 Å². The van der Waals surface area contributed by atoms with Gasteiger partial charge in [0.15, 0.2) is 0 Å². The maximum Gasteiger partial charge on any atom is 0.243 e. The van der Waals surface area contributed by atoms with Gasteiger partial charge in [0.25, 0.3) is 0 Å². The number of hydrogen-bond acceptors (Lipinski definition) is 2.